The van der Waals surface area contributed by atoms with E-state index < -0.39 is 11.5 Å². The molecule has 0 saturated heterocycles. The highest BCUT2D eigenvalue weighted by atomic mass is 35.5. The molecule has 0 bridgehead atoms. The molecule has 1 N–H and O–H groups in total. The van der Waals surface area contributed by atoms with E-state index in [1.54, 1.807) is 18.5 Å². The van der Waals surface area contributed by atoms with E-state index in [1.807, 2.05) is 48.5 Å². The van der Waals surface area contributed by atoms with Crippen molar-refractivity contribution in [2.24, 2.45) is 0 Å². The highest BCUT2D eigenvalue weighted by Crippen LogP contribution is 2.35. The van der Waals surface area contributed by atoms with Gasteiger partial charge in [-0.1, -0.05) is 41.9 Å². The fourth-order valence-electron chi connectivity index (χ4n) is 4.34. The van der Waals surface area contributed by atoms with E-state index in [4.69, 9.17) is 16.3 Å². The molecule has 166 valence electrons. The minimum Gasteiger partial charge on any atom is -0.464 e. The van der Waals surface area contributed by atoms with Crippen LogP contribution in [0.15, 0.2) is 66.2 Å². The Labute approximate surface area is 200 Å². The number of carbonyl (C=O) groups excluding carboxylic acids is 2. The monoisotopic (exact) mass is 476 g/mol. The van der Waals surface area contributed by atoms with Gasteiger partial charge in [0.25, 0.3) is 5.91 Å². The molecule has 0 aliphatic heterocycles. The summed E-state index contributed by atoms with van der Waals surface area (Å²) in [4.78, 5) is 30.6. The van der Waals surface area contributed by atoms with Gasteiger partial charge >= 0.3 is 5.97 Å². The van der Waals surface area contributed by atoms with E-state index in [1.165, 1.54) is 11.3 Å². The van der Waals surface area contributed by atoms with Gasteiger partial charge in [0.2, 0.25) is 0 Å². The van der Waals surface area contributed by atoms with Crippen LogP contribution in [0.3, 0.4) is 0 Å². The number of benzene rings is 3. The van der Waals surface area contributed by atoms with Gasteiger partial charge in [0.1, 0.15) is 5.54 Å². The molecule has 1 aliphatic rings. The zero-order valence-electron chi connectivity index (χ0n) is 17.9. The smallest absolute Gasteiger partial charge is 0.332 e. The molecule has 5 rings (SSSR count). The van der Waals surface area contributed by atoms with Crippen LogP contribution in [-0.2, 0) is 22.4 Å². The molecule has 0 saturated carbocycles. The fraction of sp³-hybridized carbons (Fsp3) is 0.192. The molecule has 5 nitrogen and oxygen atoms in total. The minimum absolute atomic E-state index is 0.246. The molecular formula is C26H21ClN2O3S. The molecule has 0 fully saturated rings. The van der Waals surface area contributed by atoms with E-state index in [0.29, 0.717) is 23.4 Å². The van der Waals surface area contributed by atoms with Crippen LogP contribution >= 0.6 is 22.9 Å². The van der Waals surface area contributed by atoms with Crippen LogP contribution in [-0.4, -0.2) is 29.0 Å². The molecule has 1 aliphatic carbocycles. The molecule has 4 aromatic rings. The standard InChI is InChI=1S/C26H21ClN2O3S/c1-2-32-25(31)26(29-24(30)18-7-10-22-23(12-18)33-15-28-22)13-19-4-3-17(11-20(19)14-26)16-5-8-21(27)9-6-16/h3-12,15H,2,13-14H2,1H3,(H,29,30). The molecule has 1 heterocycles. The van der Waals surface area contributed by atoms with Crippen LogP contribution in [0.4, 0.5) is 0 Å². The largest absolute Gasteiger partial charge is 0.464 e. The third-order valence-electron chi connectivity index (χ3n) is 5.98. The van der Waals surface area contributed by atoms with Crippen LogP contribution in [0, 0.1) is 0 Å². The Bertz CT molecular complexity index is 1370. The Morgan fingerprint density at radius 3 is 2.58 bits per heavy atom. The number of thiazole rings is 1. The minimum atomic E-state index is -1.14. The summed E-state index contributed by atoms with van der Waals surface area (Å²) in [5, 5.41) is 3.70. The number of fused-ring (bicyclic) bond motifs is 2. The molecule has 7 heteroatoms. The van der Waals surface area contributed by atoms with Gasteiger partial charge in [-0.25, -0.2) is 9.78 Å². The second-order valence-corrected chi connectivity index (χ2v) is 9.46. The number of hydrogen-bond donors (Lipinski definition) is 1. The summed E-state index contributed by atoms with van der Waals surface area (Å²) < 4.78 is 6.33. The van der Waals surface area contributed by atoms with Crippen LogP contribution in [0.5, 0.6) is 0 Å². The lowest BCUT2D eigenvalue weighted by Gasteiger charge is -2.28. The van der Waals surface area contributed by atoms with E-state index in [0.717, 1.165) is 32.5 Å². The molecular weight excluding hydrogens is 456 g/mol. The van der Waals surface area contributed by atoms with Crippen molar-refractivity contribution in [3.8, 4) is 11.1 Å². The predicted molar refractivity (Wildman–Crippen MR) is 131 cm³/mol. The van der Waals surface area contributed by atoms with Crippen molar-refractivity contribution in [2.45, 2.75) is 25.3 Å². The fourth-order valence-corrected chi connectivity index (χ4v) is 5.18. The molecule has 1 amide bonds. The zero-order valence-corrected chi connectivity index (χ0v) is 19.5. The molecule has 33 heavy (non-hydrogen) atoms. The van der Waals surface area contributed by atoms with Crippen molar-refractivity contribution in [3.63, 3.8) is 0 Å². The maximum atomic E-state index is 13.2. The number of carbonyl (C=O) groups is 2. The van der Waals surface area contributed by atoms with Gasteiger partial charge in [0.15, 0.2) is 0 Å². The first-order valence-electron chi connectivity index (χ1n) is 10.7. The van der Waals surface area contributed by atoms with E-state index in [-0.39, 0.29) is 12.5 Å². The third kappa shape index (κ3) is 4.12. The van der Waals surface area contributed by atoms with Gasteiger partial charge in [-0.15, -0.1) is 11.3 Å². The topological polar surface area (TPSA) is 68.3 Å². The highest BCUT2D eigenvalue weighted by molar-refractivity contribution is 7.16. The van der Waals surface area contributed by atoms with Gasteiger partial charge in [-0.3, -0.25) is 4.79 Å². The molecule has 0 spiro atoms. The molecule has 0 radical (unpaired) electrons. The zero-order chi connectivity index (χ0) is 23.0. The van der Waals surface area contributed by atoms with Crippen molar-refractivity contribution >= 4 is 45.0 Å². The van der Waals surface area contributed by atoms with Gasteiger partial charge in [0.05, 0.1) is 22.3 Å². The van der Waals surface area contributed by atoms with Crippen molar-refractivity contribution in [1.29, 1.82) is 0 Å². The van der Waals surface area contributed by atoms with Gasteiger partial charge in [-0.2, -0.15) is 0 Å². The highest BCUT2D eigenvalue weighted by Gasteiger charge is 2.46. The normalized spacial score (nSPS) is 17.0. The summed E-state index contributed by atoms with van der Waals surface area (Å²) in [5.74, 6) is -0.717. The van der Waals surface area contributed by atoms with Gasteiger partial charge < -0.3 is 10.1 Å². The first-order chi connectivity index (χ1) is 16.0. The maximum Gasteiger partial charge on any atom is 0.332 e. The summed E-state index contributed by atoms with van der Waals surface area (Å²) >= 11 is 7.50. The Hall–Kier alpha value is -3.22. The third-order valence-corrected chi connectivity index (χ3v) is 7.02. The molecule has 1 atom stereocenters. The van der Waals surface area contributed by atoms with Crippen molar-refractivity contribution < 1.29 is 14.3 Å². The summed E-state index contributed by atoms with van der Waals surface area (Å²) in [7, 11) is 0. The van der Waals surface area contributed by atoms with Crippen LogP contribution in [0.2, 0.25) is 5.02 Å². The summed E-state index contributed by atoms with van der Waals surface area (Å²) in [5.41, 5.74) is 6.07. The number of ether oxygens (including phenoxy) is 1. The number of nitrogens with one attached hydrogen (secondary N) is 1. The average molecular weight is 477 g/mol. The van der Waals surface area contributed by atoms with E-state index in [2.05, 4.69) is 16.4 Å². The first kappa shape index (κ1) is 21.6. The number of nitrogens with zero attached hydrogens (tertiary/aromatic N) is 1. The van der Waals surface area contributed by atoms with Gasteiger partial charge in [-0.05, 0) is 59.5 Å². The van der Waals surface area contributed by atoms with Crippen molar-refractivity contribution in [2.75, 3.05) is 6.61 Å². The first-order valence-corrected chi connectivity index (χ1v) is 11.9. The van der Waals surface area contributed by atoms with Gasteiger partial charge in [0, 0.05) is 23.4 Å². The summed E-state index contributed by atoms with van der Waals surface area (Å²) in [6, 6.07) is 19.1. The van der Waals surface area contributed by atoms with Crippen LogP contribution in [0.1, 0.15) is 28.4 Å². The van der Waals surface area contributed by atoms with E-state index in [9.17, 15) is 9.59 Å². The lowest BCUT2D eigenvalue weighted by atomic mass is 9.94. The van der Waals surface area contributed by atoms with Crippen molar-refractivity contribution in [3.05, 3.63) is 87.9 Å². The Morgan fingerprint density at radius 1 is 1.03 bits per heavy atom. The van der Waals surface area contributed by atoms with Crippen LogP contribution < -0.4 is 5.32 Å². The number of rotatable bonds is 5. The van der Waals surface area contributed by atoms with Crippen molar-refractivity contribution in [1.82, 2.24) is 10.3 Å². The van der Waals surface area contributed by atoms with Crippen LogP contribution in [0.25, 0.3) is 21.3 Å². The number of aromatic nitrogens is 1. The summed E-state index contributed by atoms with van der Waals surface area (Å²) in [6.07, 6.45) is 0.758. The Kier molecular flexibility index (Phi) is 5.64. The SMILES string of the molecule is CCOC(=O)C1(NC(=O)c2ccc3ncsc3c2)Cc2ccc(-c3ccc(Cl)cc3)cc2C1. The predicted octanol–water partition coefficient (Wildman–Crippen LogP) is 5.45. The Balaban J connectivity index is 1.46. The Morgan fingerprint density at radius 2 is 1.79 bits per heavy atom. The maximum absolute atomic E-state index is 13.2. The summed E-state index contributed by atoms with van der Waals surface area (Å²) in [6.45, 7) is 2.02. The molecule has 3 aromatic carbocycles. The lowest BCUT2D eigenvalue weighted by Crippen LogP contribution is -2.56. The quantitative estimate of drug-likeness (QED) is 0.389. The second kappa shape index (κ2) is 8.61. The van der Waals surface area contributed by atoms with E-state index >= 15 is 0 Å². The lowest BCUT2D eigenvalue weighted by molar-refractivity contribution is -0.150. The second-order valence-electron chi connectivity index (χ2n) is 8.14. The number of amides is 1. The molecule has 1 unspecified atom stereocenters. The molecule has 1 aromatic heterocycles. The number of halogens is 1. The average Bonchev–Trinajstić information content (AvgIpc) is 3.43. The number of esters is 1. The number of hydrogen-bond acceptors (Lipinski definition) is 5.